The number of hydrogen-bond donors (Lipinski definition) is 0. The summed E-state index contributed by atoms with van der Waals surface area (Å²) in [4.78, 5) is 2.53. The molecule has 1 heterocycles. The lowest BCUT2D eigenvalue weighted by Crippen LogP contribution is -2.44. The van der Waals surface area contributed by atoms with E-state index in [4.69, 9.17) is 4.74 Å². The molecule has 2 heteroatoms. The zero-order valence-corrected chi connectivity index (χ0v) is 12.3. The molecular weight excluding hydrogens is 234 g/mol. The predicted molar refractivity (Wildman–Crippen MR) is 81.2 cm³/mol. The van der Waals surface area contributed by atoms with Crippen molar-refractivity contribution in [2.24, 2.45) is 5.92 Å². The van der Waals surface area contributed by atoms with Gasteiger partial charge in [0, 0.05) is 19.1 Å². The Balaban J connectivity index is 2.05. The highest BCUT2D eigenvalue weighted by Gasteiger charge is 2.21. The Morgan fingerprint density at radius 1 is 1.11 bits per heavy atom. The fourth-order valence-corrected chi connectivity index (χ4v) is 2.53. The third-order valence-corrected chi connectivity index (χ3v) is 3.71. The van der Waals surface area contributed by atoms with E-state index in [1.807, 2.05) is 0 Å². The minimum absolute atomic E-state index is 0.505. The van der Waals surface area contributed by atoms with E-state index in [9.17, 15) is 0 Å². The lowest BCUT2D eigenvalue weighted by atomic mass is 10.0. The van der Waals surface area contributed by atoms with E-state index in [2.05, 4.69) is 62.1 Å². The van der Waals surface area contributed by atoms with Crippen LogP contribution in [0.1, 0.15) is 25.0 Å². The highest BCUT2D eigenvalue weighted by atomic mass is 16.5. The van der Waals surface area contributed by atoms with Crippen molar-refractivity contribution >= 4 is 6.08 Å². The number of aryl methyl sites for hydroxylation is 1. The van der Waals surface area contributed by atoms with Crippen molar-refractivity contribution in [2.75, 3.05) is 26.3 Å². The van der Waals surface area contributed by atoms with Crippen molar-refractivity contribution in [3.8, 4) is 0 Å². The van der Waals surface area contributed by atoms with Gasteiger partial charge >= 0.3 is 0 Å². The predicted octanol–water partition coefficient (Wildman–Crippen LogP) is 3.37. The van der Waals surface area contributed by atoms with Gasteiger partial charge in [0.1, 0.15) is 0 Å². The standard InChI is InChI=1S/C17H25NO/c1-14(2)17(18-10-12-19-13-11-18)9-8-16-6-4-15(3)5-7-16/h4-9,14,17H,10-13H2,1-3H3/b9-8+. The van der Waals surface area contributed by atoms with Gasteiger partial charge in [-0.25, -0.2) is 0 Å². The average molecular weight is 259 g/mol. The maximum atomic E-state index is 5.44. The molecule has 1 unspecified atom stereocenters. The third kappa shape index (κ3) is 4.19. The largest absolute Gasteiger partial charge is 0.379 e. The van der Waals surface area contributed by atoms with E-state index in [0.29, 0.717) is 12.0 Å². The highest BCUT2D eigenvalue weighted by Crippen LogP contribution is 2.16. The van der Waals surface area contributed by atoms with Crippen LogP contribution < -0.4 is 0 Å². The lowest BCUT2D eigenvalue weighted by molar-refractivity contribution is 0.0176. The van der Waals surface area contributed by atoms with Crippen molar-refractivity contribution in [2.45, 2.75) is 26.8 Å². The highest BCUT2D eigenvalue weighted by molar-refractivity contribution is 5.50. The van der Waals surface area contributed by atoms with Crippen LogP contribution in [0.2, 0.25) is 0 Å². The summed E-state index contributed by atoms with van der Waals surface area (Å²) in [5, 5.41) is 0. The second-order valence-electron chi connectivity index (χ2n) is 5.65. The Morgan fingerprint density at radius 2 is 1.74 bits per heavy atom. The molecule has 0 bridgehead atoms. The number of hydrogen-bond acceptors (Lipinski definition) is 2. The number of ether oxygens (including phenoxy) is 1. The zero-order valence-electron chi connectivity index (χ0n) is 12.3. The molecular formula is C17H25NO. The molecule has 1 aromatic carbocycles. The number of rotatable bonds is 4. The van der Waals surface area contributed by atoms with Crippen LogP contribution in [0.15, 0.2) is 30.3 Å². The van der Waals surface area contributed by atoms with E-state index in [1.165, 1.54) is 11.1 Å². The summed E-state index contributed by atoms with van der Waals surface area (Å²) in [6.07, 6.45) is 4.60. The summed E-state index contributed by atoms with van der Waals surface area (Å²) in [6, 6.07) is 9.20. The molecule has 0 aliphatic carbocycles. The van der Waals surface area contributed by atoms with E-state index >= 15 is 0 Å². The first-order valence-electron chi connectivity index (χ1n) is 7.23. The van der Waals surface area contributed by atoms with Crippen molar-refractivity contribution < 1.29 is 4.74 Å². The molecule has 1 aromatic rings. The quantitative estimate of drug-likeness (QED) is 0.822. The number of nitrogens with zero attached hydrogens (tertiary/aromatic N) is 1. The van der Waals surface area contributed by atoms with E-state index in [1.54, 1.807) is 0 Å². The maximum Gasteiger partial charge on any atom is 0.0594 e. The van der Waals surface area contributed by atoms with Crippen molar-refractivity contribution in [3.05, 3.63) is 41.5 Å². The van der Waals surface area contributed by atoms with Gasteiger partial charge < -0.3 is 4.74 Å². The third-order valence-electron chi connectivity index (χ3n) is 3.71. The molecule has 1 aliphatic heterocycles. The fourth-order valence-electron chi connectivity index (χ4n) is 2.53. The van der Waals surface area contributed by atoms with E-state index < -0.39 is 0 Å². The van der Waals surface area contributed by atoms with Gasteiger partial charge in [-0.2, -0.15) is 0 Å². The number of benzene rings is 1. The normalized spacial score (nSPS) is 19.2. The van der Waals surface area contributed by atoms with Gasteiger partial charge in [0.05, 0.1) is 13.2 Å². The topological polar surface area (TPSA) is 12.5 Å². The first kappa shape index (κ1) is 14.3. The van der Waals surface area contributed by atoms with Gasteiger partial charge in [-0.15, -0.1) is 0 Å². The van der Waals surface area contributed by atoms with Crippen LogP contribution in [0, 0.1) is 12.8 Å². The lowest BCUT2D eigenvalue weighted by Gasteiger charge is -2.35. The van der Waals surface area contributed by atoms with E-state index in [-0.39, 0.29) is 0 Å². The second kappa shape index (κ2) is 6.88. The Labute approximate surface area is 117 Å². The molecule has 0 amide bonds. The summed E-state index contributed by atoms with van der Waals surface area (Å²) >= 11 is 0. The van der Waals surface area contributed by atoms with Crippen LogP contribution in [-0.2, 0) is 4.74 Å². The Bertz CT molecular complexity index is 402. The average Bonchev–Trinajstić information content (AvgIpc) is 2.42. The van der Waals surface area contributed by atoms with Gasteiger partial charge in [-0.3, -0.25) is 4.90 Å². The molecule has 1 saturated heterocycles. The molecule has 2 nitrogen and oxygen atoms in total. The first-order valence-corrected chi connectivity index (χ1v) is 7.23. The summed E-state index contributed by atoms with van der Waals surface area (Å²) in [5.41, 5.74) is 2.59. The van der Waals surface area contributed by atoms with Crippen LogP contribution in [-0.4, -0.2) is 37.2 Å². The monoisotopic (exact) mass is 259 g/mol. The smallest absolute Gasteiger partial charge is 0.0594 e. The SMILES string of the molecule is Cc1ccc(/C=C/C(C(C)C)N2CCOCC2)cc1. The van der Waals surface area contributed by atoms with Gasteiger partial charge in [0.25, 0.3) is 0 Å². The maximum absolute atomic E-state index is 5.44. The Kier molecular flexibility index (Phi) is 5.17. The van der Waals surface area contributed by atoms with Crippen LogP contribution in [0.25, 0.3) is 6.08 Å². The minimum Gasteiger partial charge on any atom is -0.379 e. The van der Waals surface area contributed by atoms with Crippen LogP contribution >= 0.6 is 0 Å². The molecule has 19 heavy (non-hydrogen) atoms. The van der Waals surface area contributed by atoms with Crippen molar-refractivity contribution in [1.29, 1.82) is 0 Å². The molecule has 0 radical (unpaired) electrons. The van der Waals surface area contributed by atoms with Crippen LogP contribution in [0.4, 0.5) is 0 Å². The minimum atomic E-state index is 0.505. The van der Waals surface area contributed by atoms with Gasteiger partial charge in [-0.1, -0.05) is 55.8 Å². The molecule has 1 fully saturated rings. The van der Waals surface area contributed by atoms with Gasteiger partial charge in [-0.05, 0) is 18.4 Å². The Morgan fingerprint density at radius 3 is 2.32 bits per heavy atom. The summed E-state index contributed by atoms with van der Waals surface area (Å²) in [7, 11) is 0. The first-order chi connectivity index (χ1) is 9.16. The molecule has 1 aliphatic rings. The molecule has 1 atom stereocenters. The van der Waals surface area contributed by atoms with E-state index in [0.717, 1.165) is 26.3 Å². The molecule has 0 spiro atoms. The second-order valence-corrected chi connectivity index (χ2v) is 5.65. The van der Waals surface area contributed by atoms with Crippen molar-refractivity contribution in [1.82, 2.24) is 4.90 Å². The zero-order chi connectivity index (χ0) is 13.7. The summed E-state index contributed by atoms with van der Waals surface area (Å²) < 4.78 is 5.44. The fraction of sp³-hybridized carbons (Fsp3) is 0.529. The van der Waals surface area contributed by atoms with Gasteiger partial charge in [0.15, 0.2) is 0 Å². The van der Waals surface area contributed by atoms with Gasteiger partial charge in [0.2, 0.25) is 0 Å². The molecule has 0 saturated carbocycles. The molecule has 0 N–H and O–H groups in total. The Hall–Kier alpha value is -1.12. The van der Waals surface area contributed by atoms with Crippen LogP contribution in [0.5, 0.6) is 0 Å². The summed E-state index contributed by atoms with van der Waals surface area (Å²) in [6.45, 7) is 10.5. The number of morpholine rings is 1. The molecule has 2 rings (SSSR count). The van der Waals surface area contributed by atoms with Crippen LogP contribution in [0.3, 0.4) is 0 Å². The van der Waals surface area contributed by atoms with Crippen molar-refractivity contribution in [3.63, 3.8) is 0 Å². The summed E-state index contributed by atoms with van der Waals surface area (Å²) in [5.74, 6) is 0.625. The molecule has 0 aromatic heterocycles. The molecule has 104 valence electrons.